The van der Waals surface area contributed by atoms with Gasteiger partial charge in [0, 0.05) is 19.0 Å². The molecule has 3 atom stereocenters. The lowest BCUT2D eigenvalue weighted by atomic mass is 9.84. The van der Waals surface area contributed by atoms with Crippen LogP contribution in [0.1, 0.15) is 65.7 Å². The third-order valence-electron chi connectivity index (χ3n) is 6.59. The number of hydrogen-bond acceptors (Lipinski definition) is 6. The van der Waals surface area contributed by atoms with Gasteiger partial charge >= 0.3 is 12.1 Å². The predicted molar refractivity (Wildman–Crippen MR) is 112 cm³/mol. The predicted octanol–water partition coefficient (Wildman–Crippen LogP) is 1.74. The first-order chi connectivity index (χ1) is 14.5. The van der Waals surface area contributed by atoms with E-state index < -0.39 is 35.7 Å². The quantitative estimate of drug-likeness (QED) is 0.634. The van der Waals surface area contributed by atoms with Crippen molar-refractivity contribution in [2.24, 2.45) is 11.3 Å². The molecule has 3 fully saturated rings. The zero-order valence-electron chi connectivity index (χ0n) is 19.0. The van der Waals surface area contributed by atoms with Crippen molar-refractivity contribution in [2.75, 3.05) is 20.2 Å². The van der Waals surface area contributed by atoms with Crippen LogP contribution in [0.3, 0.4) is 0 Å². The van der Waals surface area contributed by atoms with Gasteiger partial charge in [-0.25, -0.2) is 9.59 Å². The van der Waals surface area contributed by atoms with Crippen molar-refractivity contribution in [1.82, 2.24) is 15.5 Å². The summed E-state index contributed by atoms with van der Waals surface area (Å²) in [7, 11) is 1.26. The molecule has 0 radical (unpaired) electrons. The minimum absolute atomic E-state index is 0.0784. The standard InChI is InChI=1S/C22H35N3O6/c1-21(2,3)31-20(29)25-13-22(8-5-6-9-22)12-16(25)18(27)24-15(19(28)30-4)11-14-7-10-23-17(14)26/h14-16H,5-13H2,1-4H3,(H,23,26)(H,24,27)/t14-,15-,16?/m0/s1. The summed E-state index contributed by atoms with van der Waals surface area (Å²) in [6, 6.07) is -1.65. The van der Waals surface area contributed by atoms with E-state index in [9.17, 15) is 19.2 Å². The normalized spacial score (nSPS) is 25.9. The molecule has 2 saturated heterocycles. The van der Waals surface area contributed by atoms with Crippen molar-refractivity contribution >= 4 is 23.9 Å². The summed E-state index contributed by atoms with van der Waals surface area (Å²) in [6.45, 7) is 6.42. The van der Waals surface area contributed by atoms with Gasteiger partial charge in [0.25, 0.3) is 0 Å². The zero-order chi connectivity index (χ0) is 22.8. The van der Waals surface area contributed by atoms with Gasteiger partial charge in [-0.1, -0.05) is 12.8 Å². The Bertz CT molecular complexity index is 725. The Balaban J connectivity index is 1.75. The molecule has 2 aliphatic heterocycles. The maximum Gasteiger partial charge on any atom is 0.410 e. The molecule has 2 heterocycles. The zero-order valence-corrected chi connectivity index (χ0v) is 19.0. The molecular weight excluding hydrogens is 402 g/mol. The van der Waals surface area contributed by atoms with Gasteiger partial charge in [0.1, 0.15) is 17.7 Å². The molecule has 9 heteroatoms. The number of methoxy groups -OCH3 is 1. The minimum atomic E-state index is -0.938. The topological polar surface area (TPSA) is 114 Å². The van der Waals surface area contributed by atoms with Gasteiger partial charge in [-0.2, -0.15) is 0 Å². The molecule has 0 aromatic heterocycles. The lowest BCUT2D eigenvalue weighted by Crippen LogP contribution is -2.52. The van der Waals surface area contributed by atoms with Gasteiger partial charge in [0.05, 0.1) is 7.11 Å². The Labute approximate surface area is 183 Å². The van der Waals surface area contributed by atoms with Crippen LogP contribution in [0.2, 0.25) is 0 Å². The molecule has 3 amide bonds. The summed E-state index contributed by atoms with van der Waals surface area (Å²) in [5.74, 6) is -1.46. The lowest BCUT2D eigenvalue weighted by molar-refractivity contribution is -0.146. The van der Waals surface area contributed by atoms with Crippen molar-refractivity contribution < 1.29 is 28.7 Å². The molecule has 1 saturated carbocycles. The number of amides is 3. The van der Waals surface area contributed by atoms with E-state index in [1.54, 1.807) is 20.8 Å². The molecular formula is C22H35N3O6. The Kier molecular flexibility index (Phi) is 6.81. The Morgan fingerprint density at radius 3 is 2.48 bits per heavy atom. The highest BCUT2D eigenvalue weighted by atomic mass is 16.6. The van der Waals surface area contributed by atoms with Crippen LogP contribution < -0.4 is 10.6 Å². The van der Waals surface area contributed by atoms with Crippen LogP contribution in [-0.4, -0.2) is 66.7 Å². The fourth-order valence-electron chi connectivity index (χ4n) is 5.07. The van der Waals surface area contributed by atoms with E-state index >= 15 is 0 Å². The van der Waals surface area contributed by atoms with E-state index in [0.717, 1.165) is 25.7 Å². The van der Waals surface area contributed by atoms with Crippen molar-refractivity contribution in [3.63, 3.8) is 0 Å². The first-order valence-corrected chi connectivity index (χ1v) is 11.2. The van der Waals surface area contributed by atoms with Gasteiger partial charge in [-0.3, -0.25) is 14.5 Å². The number of likely N-dealkylation sites (tertiary alicyclic amines) is 1. The number of rotatable bonds is 5. The summed E-state index contributed by atoms with van der Waals surface area (Å²) in [5, 5.41) is 5.51. The molecule has 0 aromatic rings. The minimum Gasteiger partial charge on any atom is -0.467 e. The van der Waals surface area contributed by atoms with Crippen LogP contribution in [0, 0.1) is 11.3 Å². The second kappa shape index (κ2) is 9.04. The van der Waals surface area contributed by atoms with Crippen molar-refractivity contribution in [3.05, 3.63) is 0 Å². The molecule has 174 valence electrons. The van der Waals surface area contributed by atoms with E-state index in [4.69, 9.17) is 9.47 Å². The van der Waals surface area contributed by atoms with Crippen LogP contribution in [0.25, 0.3) is 0 Å². The Morgan fingerprint density at radius 1 is 1.26 bits per heavy atom. The highest BCUT2D eigenvalue weighted by molar-refractivity contribution is 5.91. The van der Waals surface area contributed by atoms with Gasteiger partial charge in [-0.15, -0.1) is 0 Å². The van der Waals surface area contributed by atoms with Crippen LogP contribution in [-0.2, 0) is 23.9 Å². The van der Waals surface area contributed by atoms with Gasteiger partial charge in [0.2, 0.25) is 11.8 Å². The van der Waals surface area contributed by atoms with Crippen molar-refractivity contribution in [2.45, 2.75) is 83.4 Å². The number of nitrogens with one attached hydrogen (secondary N) is 2. The molecule has 0 bridgehead atoms. The third kappa shape index (κ3) is 5.49. The van der Waals surface area contributed by atoms with Crippen LogP contribution in [0.4, 0.5) is 4.79 Å². The number of nitrogens with zero attached hydrogens (tertiary/aromatic N) is 1. The lowest BCUT2D eigenvalue weighted by Gasteiger charge is -2.29. The summed E-state index contributed by atoms with van der Waals surface area (Å²) in [5.41, 5.74) is -0.751. The molecule has 1 spiro atoms. The van der Waals surface area contributed by atoms with E-state index in [1.165, 1.54) is 12.0 Å². The summed E-state index contributed by atoms with van der Waals surface area (Å²) in [4.78, 5) is 52.0. The number of carbonyl (C=O) groups excluding carboxylic acids is 4. The molecule has 0 aromatic carbocycles. The monoisotopic (exact) mass is 437 g/mol. The van der Waals surface area contributed by atoms with E-state index in [1.807, 2.05) is 0 Å². The number of carbonyl (C=O) groups is 4. The Morgan fingerprint density at radius 2 is 1.94 bits per heavy atom. The number of ether oxygens (including phenoxy) is 2. The summed E-state index contributed by atoms with van der Waals surface area (Å²) < 4.78 is 10.4. The van der Waals surface area contributed by atoms with Crippen LogP contribution in [0.15, 0.2) is 0 Å². The van der Waals surface area contributed by atoms with Crippen LogP contribution in [0.5, 0.6) is 0 Å². The average molecular weight is 438 g/mol. The first-order valence-electron chi connectivity index (χ1n) is 11.2. The largest absolute Gasteiger partial charge is 0.467 e. The van der Waals surface area contributed by atoms with Crippen molar-refractivity contribution in [3.8, 4) is 0 Å². The van der Waals surface area contributed by atoms with Crippen LogP contribution >= 0.6 is 0 Å². The summed E-state index contributed by atoms with van der Waals surface area (Å²) in [6.07, 6.45) is 4.93. The number of hydrogen-bond donors (Lipinski definition) is 2. The fraction of sp³-hybridized carbons (Fsp3) is 0.818. The van der Waals surface area contributed by atoms with Gasteiger partial charge in [-0.05, 0) is 58.3 Å². The average Bonchev–Trinajstić information content (AvgIpc) is 3.41. The number of esters is 1. The molecule has 1 aliphatic carbocycles. The molecule has 9 nitrogen and oxygen atoms in total. The van der Waals surface area contributed by atoms with E-state index in [0.29, 0.717) is 25.9 Å². The Hall–Kier alpha value is -2.32. The smallest absolute Gasteiger partial charge is 0.410 e. The molecule has 2 N–H and O–H groups in total. The fourth-order valence-corrected chi connectivity index (χ4v) is 5.07. The molecule has 3 aliphatic rings. The third-order valence-corrected chi connectivity index (χ3v) is 6.59. The second-order valence-electron chi connectivity index (χ2n) is 10.1. The first kappa shape index (κ1) is 23.3. The molecule has 3 rings (SSSR count). The molecule has 1 unspecified atom stereocenters. The molecule has 31 heavy (non-hydrogen) atoms. The SMILES string of the molecule is COC(=O)[C@H](C[C@@H]1CCNC1=O)NC(=O)C1CC2(CCCC2)CN1C(=O)OC(C)(C)C. The maximum atomic E-state index is 13.3. The van der Waals surface area contributed by atoms with Gasteiger partial charge < -0.3 is 20.1 Å². The van der Waals surface area contributed by atoms with E-state index in [2.05, 4.69) is 10.6 Å². The summed E-state index contributed by atoms with van der Waals surface area (Å²) >= 11 is 0. The van der Waals surface area contributed by atoms with Crippen molar-refractivity contribution in [1.29, 1.82) is 0 Å². The highest BCUT2D eigenvalue weighted by Gasteiger charge is 2.51. The maximum absolute atomic E-state index is 13.3. The van der Waals surface area contributed by atoms with Gasteiger partial charge in [0.15, 0.2) is 0 Å². The second-order valence-corrected chi connectivity index (χ2v) is 10.1. The highest BCUT2D eigenvalue weighted by Crippen LogP contribution is 2.48. The van der Waals surface area contributed by atoms with E-state index in [-0.39, 0.29) is 23.7 Å².